The molecule has 0 unspecified atom stereocenters. The van der Waals surface area contributed by atoms with Crippen molar-refractivity contribution in [1.82, 2.24) is 9.97 Å². The zero-order chi connectivity index (χ0) is 15.8. The summed E-state index contributed by atoms with van der Waals surface area (Å²) < 4.78 is 4.94. The van der Waals surface area contributed by atoms with Crippen molar-refractivity contribution in [1.29, 1.82) is 0 Å². The van der Waals surface area contributed by atoms with Gasteiger partial charge in [0.25, 0.3) is 0 Å². The standard InChI is InChI=1S/C16H18N4O2/c1-3-9-17-14-10-15(19-11-18-14)20-13-7-5-12(6-8-13)16(21)22-4-2/h3,5-8,10-11H,1,4,9H2,2H3,(H2,17,18,19,20). The zero-order valence-electron chi connectivity index (χ0n) is 12.4. The first-order valence-electron chi connectivity index (χ1n) is 6.94. The van der Waals surface area contributed by atoms with E-state index < -0.39 is 0 Å². The van der Waals surface area contributed by atoms with Crippen LogP contribution in [0.3, 0.4) is 0 Å². The van der Waals surface area contributed by atoms with E-state index in [2.05, 4.69) is 27.2 Å². The third-order valence-corrected chi connectivity index (χ3v) is 2.76. The van der Waals surface area contributed by atoms with Crippen molar-refractivity contribution in [3.05, 3.63) is 54.9 Å². The minimum absolute atomic E-state index is 0.327. The van der Waals surface area contributed by atoms with Crippen LogP contribution in [0.4, 0.5) is 17.3 Å². The molecular formula is C16H18N4O2. The van der Waals surface area contributed by atoms with Gasteiger partial charge in [0, 0.05) is 18.3 Å². The van der Waals surface area contributed by atoms with Crippen molar-refractivity contribution in [3.8, 4) is 0 Å². The van der Waals surface area contributed by atoms with Crippen LogP contribution >= 0.6 is 0 Å². The Balaban J connectivity index is 2.04. The van der Waals surface area contributed by atoms with Gasteiger partial charge in [0.05, 0.1) is 12.2 Å². The fourth-order valence-electron chi connectivity index (χ4n) is 1.75. The van der Waals surface area contributed by atoms with Gasteiger partial charge < -0.3 is 15.4 Å². The van der Waals surface area contributed by atoms with Crippen molar-refractivity contribution in [2.75, 3.05) is 23.8 Å². The second-order valence-corrected chi connectivity index (χ2v) is 4.38. The Labute approximate surface area is 129 Å². The number of carbonyl (C=O) groups is 1. The smallest absolute Gasteiger partial charge is 0.338 e. The second-order valence-electron chi connectivity index (χ2n) is 4.38. The van der Waals surface area contributed by atoms with Gasteiger partial charge in [-0.3, -0.25) is 0 Å². The van der Waals surface area contributed by atoms with Crippen LogP contribution in [0.1, 0.15) is 17.3 Å². The fraction of sp³-hybridized carbons (Fsp3) is 0.188. The van der Waals surface area contributed by atoms with Gasteiger partial charge in [-0.2, -0.15) is 0 Å². The Kier molecular flexibility index (Phi) is 5.48. The first-order chi connectivity index (χ1) is 10.7. The molecule has 6 heteroatoms. The third-order valence-electron chi connectivity index (χ3n) is 2.76. The molecule has 2 aromatic rings. The van der Waals surface area contributed by atoms with Gasteiger partial charge in [0.1, 0.15) is 18.0 Å². The van der Waals surface area contributed by atoms with Gasteiger partial charge in [0.15, 0.2) is 0 Å². The molecule has 0 amide bonds. The lowest BCUT2D eigenvalue weighted by molar-refractivity contribution is 0.0526. The predicted molar refractivity (Wildman–Crippen MR) is 86.4 cm³/mol. The molecule has 0 aliphatic heterocycles. The van der Waals surface area contributed by atoms with E-state index >= 15 is 0 Å². The summed E-state index contributed by atoms with van der Waals surface area (Å²) in [6.45, 7) is 6.41. The molecule has 0 atom stereocenters. The van der Waals surface area contributed by atoms with E-state index in [1.54, 1.807) is 43.3 Å². The Morgan fingerprint density at radius 1 is 1.27 bits per heavy atom. The van der Waals surface area contributed by atoms with Crippen LogP contribution in [-0.2, 0) is 4.74 Å². The molecule has 0 fully saturated rings. The molecule has 6 nitrogen and oxygen atoms in total. The lowest BCUT2D eigenvalue weighted by Gasteiger charge is -2.08. The molecule has 1 aromatic heterocycles. The van der Waals surface area contributed by atoms with Crippen LogP contribution in [0.15, 0.2) is 49.3 Å². The number of benzene rings is 1. The lowest BCUT2D eigenvalue weighted by Crippen LogP contribution is -2.05. The van der Waals surface area contributed by atoms with Gasteiger partial charge in [0.2, 0.25) is 0 Å². The maximum Gasteiger partial charge on any atom is 0.338 e. The van der Waals surface area contributed by atoms with Crippen molar-refractivity contribution < 1.29 is 9.53 Å². The molecule has 0 saturated carbocycles. The van der Waals surface area contributed by atoms with E-state index in [9.17, 15) is 4.79 Å². The summed E-state index contributed by atoms with van der Waals surface area (Å²) in [6, 6.07) is 8.80. The van der Waals surface area contributed by atoms with Gasteiger partial charge >= 0.3 is 5.97 Å². The number of hydrogen-bond acceptors (Lipinski definition) is 6. The minimum atomic E-state index is -0.327. The van der Waals surface area contributed by atoms with Gasteiger partial charge in [-0.05, 0) is 31.2 Å². The van der Waals surface area contributed by atoms with E-state index in [1.807, 2.05) is 0 Å². The Morgan fingerprint density at radius 3 is 2.68 bits per heavy atom. The highest BCUT2D eigenvalue weighted by molar-refractivity contribution is 5.89. The molecule has 1 aromatic carbocycles. The highest BCUT2D eigenvalue weighted by Gasteiger charge is 2.06. The van der Waals surface area contributed by atoms with E-state index in [-0.39, 0.29) is 5.97 Å². The molecule has 0 radical (unpaired) electrons. The quantitative estimate of drug-likeness (QED) is 0.604. The molecular weight excluding hydrogens is 280 g/mol. The monoisotopic (exact) mass is 298 g/mol. The number of hydrogen-bond donors (Lipinski definition) is 2. The Morgan fingerprint density at radius 2 is 2.00 bits per heavy atom. The van der Waals surface area contributed by atoms with Crippen LogP contribution in [0.25, 0.3) is 0 Å². The number of rotatable bonds is 7. The van der Waals surface area contributed by atoms with Gasteiger partial charge in [-0.1, -0.05) is 6.08 Å². The lowest BCUT2D eigenvalue weighted by atomic mass is 10.2. The number of nitrogens with zero attached hydrogens (tertiary/aromatic N) is 2. The molecule has 0 aliphatic carbocycles. The normalized spacial score (nSPS) is 9.86. The maximum absolute atomic E-state index is 11.6. The summed E-state index contributed by atoms with van der Waals surface area (Å²) >= 11 is 0. The minimum Gasteiger partial charge on any atom is -0.462 e. The van der Waals surface area contributed by atoms with E-state index in [0.29, 0.717) is 30.4 Å². The largest absolute Gasteiger partial charge is 0.462 e. The average Bonchev–Trinajstić information content (AvgIpc) is 2.54. The fourth-order valence-corrected chi connectivity index (χ4v) is 1.75. The van der Waals surface area contributed by atoms with Crippen LogP contribution in [-0.4, -0.2) is 29.1 Å². The first-order valence-corrected chi connectivity index (χ1v) is 6.94. The molecule has 2 rings (SSSR count). The van der Waals surface area contributed by atoms with E-state index in [4.69, 9.17) is 4.74 Å². The second kappa shape index (κ2) is 7.78. The molecule has 0 bridgehead atoms. The molecule has 1 heterocycles. The van der Waals surface area contributed by atoms with Crippen molar-refractivity contribution in [2.45, 2.75) is 6.92 Å². The van der Waals surface area contributed by atoms with Gasteiger partial charge in [-0.25, -0.2) is 14.8 Å². The number of nitrogens with one attached hydrogen (secondary N) is 2. The molecule has 22 heavy (non-hydrogen) atoms. The number of anilines is 3. The summed E-state index contributed by atoms with van der Waals surface area (Å²) in [6.07, 6.45) is 3.23. The zero-order valence-corrected chi connectivity index (χ0v) is 12.4. The number of ether oxygens (including phenoxy) is 1. The summed E-state index contributed by atoms with van der Waals surface area (Å²) in [5.74, 6) is 1.04. The maximum atomic E-state index is 11.6. The summed E-state index contributed by atoms with van der Waals surface area (Å²) in [5.41, 5.74) is 1.34. The molecule has 114 valence electrons. The van der Waals surface area contributed by atoms with Gasteiger partial charge in [-0.15, -0.1) is 6.58 Å². The summed E-state index contributed by atoms with van der Waals surface area (Å²) in [4.78, 5) is 19.8. The number of aromatic nitrogens is 2. The molecule has 0 saturated heterocycles. The molecule has 0 aliphatic rings. The average molecular weight is 298 g/mol. The Bertz CT molecular complexity index is 641. The first kappa shape index (κ1) is 15.5. The van der Waals surface area contributed by atoms with Crippen LogP contribution in [0.5, 0.6) is 0 Å². The highest BCUT2D eigenvalue weighted by Crippen LogP contribution is 2.17. The van der Waals surface area contributed by atoms with E-state index in [0.717, 1.165) is 5.69 Å². The van der Waals surface area contributed by atoms with Crippen molar-refractivity contribution in [2.24, 2.45) is 0 Å². The summed E-state index contributed by atoms with van der Waals surface area (Å²) in [7, 11) is 0. The number of carbonyl (C=O) groups excluding carboxylic acids is 1. The SMILES string of the molecule is C=CCNc1cc(Nc2ccc(C(=O)OCC)cc2)ncn1. The highest BCUT2D eigenvalue weighted by atomic mass is 16.5. The van der Waals surface area contributed by atoms with Crippen LogP contribution < -0.4 is 10.6 Å². The topological polar surface area (TPSA) is 76.1 Å². The van der Waals surface area contributed by atoms with Crippen LogP contribution in [0.2, 0.25) is 0 Å². The number of esters is 1. The van der Waals surface area contributed by atoms with Crippen LogP contribution in [0, 0.1) is 0 Å². The molecule has 2 N–H and O–H groups in total. The third kappa shape index (κ3) is 4.31. The van der Waals surface area contributed by atoms with Crippen molar-refractivity contribution in [3.63, 3.8) is 0 Å². The van der Waals surface area contributed by atoms with E-state index in [1.165, 1.54) is 6.33 Å². The predicted octanol–water partition coefficient (Wildman–Crippen LogP) is 2.99. The molecule has 0 spiro atoms. The van der Waals surface area contributed by atoms with Crippen molar-refractivity contribution >= 4 is 23.3 Å². The Hall–Kier alpha value is -2.89. The summed E-state index contributed by atoms with van der Waals surface area (Å²) in [5, 5.41) is 6.24.